The maximum absolute atomic E-state index is 13.4. The van der Waals surface area contributed by atoms with E-state index in [1.807, 2.05) is 31.2 Å². The van der Waals surface area contributed by atoms with Gasteiger partial charge in [0.05, 0.1) is 6.04 Å². The number of aromatic nitrogens is 2. The van der Waals surface area contributed by atoms with E-state index in [0.717, 1.165) is 23.3 Å². The Kier molecular flexibility index (Phi) is 5.82. The van der Waals surface area contributed by atoms with Gasteiger partial charge < -0.3 is 9.32 Å². The first-order valence-corrected chi connectivity index (χ1v) is 8.95. The predicted octanol–water partition coefficient (Wildman–Crippen LogP) is 4.48. The average molecular weight is 385 g/mol. The Morgan fingerprint density at radius 1 is 1.11 bits per heavy atom. The van der Waals surface area contributed by atoms with Crippen LogP contribution in [0.1, 0.15) is 36.4 Å². The smallest absolute Gasteiger partial charge is 0.247 e. The van der Waals surface area contributed by atoms with Crippen molar-refractivity contribution >= 4 is 5.91 Å². The van der Waals surface area contributed by atoms with Gasteiger partial charge in [-0.15, -0.1) is 10.2 Å². The highest BCUT2D eigenvalue weighted by Crippen LogP contribution is 2.22. The molecular weight excluding hydrogens is 364 g/mol. The van der Waals surface area contributed by atoms with Crippen LogP contribution in [0, 0.1) is 18.6 Å². The van der Waals surface area contributed by atoms with Gasteiger partial charge in [0.25, 0.3) is 0 Å². The van der Waals surface area contributed by atoms with E-state index < -0.39 is 17.7 Å². The summed E-state index contributed by atoms with van der Waals surface area (Å²) in [7, 11) is 1.62. The van der Waals surface area contributed by atoms with Crippen LogP contribution < -0.4 is 0 Å². The molecule has 0 saturated heterocycles. The lowest BCUT2D eigenvalue weighted by atomic mass is 10.1. The molecule has 0 aliphatic carbocycles. The van der Waals surface area contributed by atoms with E-state index in [1.165, 1.54) is 11.0 Å². The van der Waals surface area contributed by atoms with E-state index >= 15 is 0 Å². The Bertz CT molecular complexity index is 970. The van der Waals surface area contributed by atoms with Gasteiger partial charge in [0.15, 0.2) is 11.6 Å². The molecule has 0 saturated carbocycles. The third-order valence-corrected chi connectivity index (χ3v) is 4.72. The molecule has 146 valence electrons. The fourth-order valence-electron chi connectivity index (χ4n) is 2.77. The van der Waals surface area contributed by atoms with Crippen LogP contribution in [0.3, 0.4) is 0 Å². The highest BCUT2D eigenvalue weighted by Gasteiger charge is 2.19. The molecule has 3 rings (SSSR count). The molecule has 2 aromatic carbocycles. The van der Waals surface area contributed by atoms with Crippen LogP contribution in [-0.4, -0.2) is 28.1 Å². The van der Waals surface area contributed by atoms with Crippen LogP contribution in [0.25, 0.3) is 11.5 Å². The second-order valence-electron chi connectivity index (χ2n) is 6.72. The molecule has 0 aliphatic rings. The van der Waals surface area contributed by atoms with Crippen molar-refractivity contribution in [3.8, 4) is 11.5 Å². The molecule has 1 aromatic heterocycles. The summed E-state index contributed by atoms with van der Waals surface area (Å²) in [6.45, 7) is 3.75. The molecule has 0 radical (unpaired) electrons. The molecule has 0 bridgehead atoms. The lowest BCUT2D eigenvalue weighted by Gasteiger charge is -2.25. The highest BCUT2D eigenvalue weighted by molar-refractivity contribution is 5.76. The Morgan fingerprint density at radius 3 is 2.50 bits per heavy atom. The predicted molar refractivity (Wildman–Crippen MR) is 100 cm³/mol. The fourth-order valence-corrected chi connectivity index (χ4v) is 2.77. The molecule has 1 heterocycles. The zero-order valence-corrected chi connectivity index (χ0v) is 15.9. The van der Waals surface area contributed by atoms with Crippen molar-refractivity contribution in [1.29, 1.82) is 0 Å². The molecule has 1 amide bonds. The Morgan fingerprint density at radius 2 is 1.82 bits per heavy atom. The Balaban J connectivity index is 1.60. The number of hydrogen-bond donors (Lipinski definition) is 0. The molecule has 0 fully saturated rings. The third kappa shape index (κ3) is 4.42. The largest absolute Gasteiger partial charge is 0.421 e. The van der Waals surface area contributed by atoms with Crippen LogP contribution in [0.2, 0.25) is 0 Å². The topological polar surface area (TPSA) is 59.2 Å². The average Bonchev–Trinajstić information content (AvgIpc) is 3.16. The van der Waals surface area contributed by atoms with Gasteiger partial charge in [0, 0.05) is 25.5 Å². The SMILES string of the molecule is Cc1ccc(-c2nnc(CCC(=O)N(C)C(C)c3ccc(F)c(F)c3)o2)cc1. The Hall–Kier alpha value is -3.09. The molecule has 5 nitrogen and oxygen atoms in total. The van der Waals surface area contributed by atoms with Gasteiger partial charge in [-0.2, -0.15) is 0 Å². The zero-order chi connectivity index (χ0) is 20.3. The number of aryl methyl sites for hydroxylation is 2. The third-order valence-electron chi connectivity index (χ3n) is 4.72. The van der Waals surface area contributed by atoms with Crippen molar-refractivity contribution < 1.29 is 18.0 Å². The number of carbonyl (C=O) groups is 1. The number of halogens is 2. The summed E-state index contributed by atoms with van der Waals surface area (Å²) in [5.74, 6) is -1.22. The van der Waals surface area contributed by atoms with Gasteiger partial charge in [-0.3, -0.25) is 4.79 Å². The van der Waals surface area contributed by atoms with Crippen molar-refractivity contribution in [2.45, 2.75) is 32.7 Å². The van der Waals surface area contributed by atoms with Gasteiger partial charge in [-0.1, -0.05) is 23.8 Å². The van der Waals surface area contributed by atoms with E-state index in [4.69, 9.17) is 4.42 Å². The standard InChI is InChI=1S/C21H21F2N3O2/c1-13-4-6-15(7-5-13)21-25-24-19(28-21)10-11-20(27)26(3)14(2)16-8-9-17(22)18(23)12-16/h4-9,12,14H,10-11H2,1-3H3. The lowest BCUT2D eigenvalue weighted by molar-refractivity contribution is -0.131. The monoisotopic (exact) mass is 385 g/mol. The van der Waals surface area contributed by atoms with Crippen LogP contribution in [0.15, 0.2) is 46.9 Å². The number of rotatable bonds is 6. The van der Waals surface area contributed by atoms with Crippen molar-refractivity contribution in [3.63, 3.8) is 0 Å². The quantitative estimate of drug-likeness (QED) is 0.628. The van der Waals surface area contributed by atoms with Crippen LogP contribution in [0.5, 0.6) is 0 Å². The molecule has 1 atom stereocenters. The van der Waals surface area contributed by atoms with Gasteiger partial charge in [-0.25, -0.2) is 8.78 Å². The van der Waals surface area contributed by atoms with Crippen molar-refractivity contribution in [2.75, 3.05) is 7.05 Å². The summed E-state index contributed by atoms with van der Waals surface area (Å²) < 4.78 is 32.2. The van der Waals surface area contributed by atoms with Crippen molar-refractivity contribution in [1.82, 2.24) is 15.1 Å². The summed E-state index contributed by atoms with van der Waals surface area (Å²) in [5, 5.41) is 8.01. The number of hydrogen-bond acceptors (Lipinski definition) is 4. The number of amides is 1. The Labute approximate surface area is 162 Å². The van der Waals surface area contributed by atoms with Crippen molar-refractivity contribution in [2.24, 2.45) is 0 Å². The normalized spacial score (nSPS) is 12.0. The lowest BCUT2D eigenvalue weighted by Crippen LogP contribution is -2.30. The first kappa shape index (κ1) is 19.7. The number of nitrogens with zero attached hydrogens (tertiary/aromatic N) is 3. The number of carbonyl (C=O) groups excluding carboxylic acids is 1. The fraction of sp³-hybridized carbons (Fsp3) is 0.286. The second kappa shape index (κ2) is 8.29. The van der Waals surface area contributed by atoms with Crippen molar-refractivity contribution in [3.05, 3.63) is 71.1 Å². The van der Waals surface area contributed by atoms with Gasteiger partial charge in [0.2, 0.25) is 17.7 Å². The molecule has 28 heavy (non-hydrogen) atoms. The summed E-state index contributed by atoms with van der Waals surface area (Å²) in [4.78, 5) is 14.0. The van der Waals surface area contributed by atoms with Crippen LogP contribution >= 0.6 is 0 Å². The minimum Gasteiger partial charge on any atom is -0.421 e. The molecule has 0 N–H and O–H groups in total. The van der Waals surface area contributed by atoms with E-state index in [1.54, 1.807) is 14.0 Å². The highest BCUT2D eigenvalue weighted by atomic mass is 19.2. The van der Waals surface area contributed by atoms with E-state index in [9.17, 15) is 13.6 Å². The first-order chi connectivity index (χ1) is 13.3. The summed E-state index contributed by atoms with van der Waals surface area (Å²) >= 11 is 0. The van der Waals surface area contributed by atoms with E-state index in [0.29, 0.717) is 23.8 Å². The van der Waals surface area contributed by atoms with Crippen LogP contribution in [0.4, 0.5) is 8.78 Å². The maximum atomic E-state index is 13.4. The first-order valence-electron chi connectivity index (χ1n) is 8.95. The maximum Gasteiger partial charge on any atom is 0.247 e. The number of benzene rings is 2. The molecular formula is C21H21F2N3O2. The molecule has 3 aromatic rings. The summed E-state index contributed by atoms with van der Waals surface area (Å²) in [6.07, 6.45) is 0.465. The van der Waals surface area contributed by atoms with Crippen LogP contribution in [-0.2, 0) is 11.2 Å². The molecule has 1 unspecified atom stereocenters. The summed E-state index contributed by atoms with van der Waals surface area (Å²) in [5.41, 5.74) is 2.47. The zero-order valence-electron chi connectivity index (χ0n) is 15.9. The van der Waals surface area contributed by atoms with Gasteiger partial charge >= 0.3 is 0 Å². The van der Waals surface area contributed by atoms with E-state index in [2.05, 4.69) is 10.2 Å². The molecule has 0 spiro atoms. The van der Waals surface area contributed by atoms with Gasteiger partial charge in [0.1, 0.15) is 0 Å². The van der Waals surface area contributed by atoms with Gasteiger partial charge in [-0.05, 0) is 43.7 Å². The van der Waals surface area contributed by atoms with E-state index in [-0.39, 0.29) is 12.3 Å². The minimum atomic E-state index is -0.931. The summed E-state index contributed by atoms with van der Waals surface area (Å²) in [6, 6.07) is 10.9. The molecule has 7 heteroatoms. The second-order valence-corrected chi connectivity index (χ2v) is 6.72. The molecule has 0 aliphatic heterocycles. The minimum absolute atomic E-state index is 0.160.